The fraction of sp³-hybridized carbons (Fsp3) is 0.545. The number of aryl methyl sites for hydroxylation is 1. The minimum atomic E-state index is 0.595. The van der Waals surface area contributed by atoms with Gasteiger partial charge in [-0.1, -0.05) is 0 Å². The van der Waals surface area contributed by atoms with Crippen LogP contribution in [0.4, 0.5) is 17.3 Å². The molecule has 1 N–H and O–H groups in total. The van der Waals surface area contributed by atoms with E-state index >= 15 is 0 Å². The van der Waals surface area contributed by atoms with Crippen molar-refractivity contribution in [2.45, 2.75) is 25.8 Å². The quantitative estimate of drug-likeness (QED) is 0.834. The Kier molecular flexibility index (Phi) is 6.16. The van der Waals surface area contributed by atoms with E-state index in [9.17, 15) is 0 Å². The summed E-state index contributed by atoms with van der Waals surface area (Å²) in [5.41, 5.74) is 3.13. The monoisotopic (exact) mass is 396 g/mol. The molecule has 2 aliphatic heterocycles. The zero-order valence-corrected chi connectivity index (χ0v) is 17.8. The van der Waals surface area contributed by atoms with Crippen molar-refractivity contribution in [1.82, 2.24) is 19.8 Å². The minimum Gasteiger partial charge on any atom is -0.495 e. The summed E-state index contributed by atoms with van der Waals surface area (Å²) in [5, 5.41) is 3.26. The van der Waals surface area contributed by atoms with Gasteiger partial charge >= 0.3 is 0 Å². The average Bonchev–Trinajstić information content (AvgIpc) is 2.76. The van der Waals surface area contributed by atoms with Crippen molar-refractivity contribution in [3.8, 4) is 5.75 Å². The summed E-state index contributed by atoms with van der Waals surface area (Å²) in [6, 6.07) is 6.99. The van der Waals surface area contributed by atoms with Crippen LogP contribution < -0.4 is 15.0 Å². The van der Waals surface area contributed by atoms with Crippen molar-refractivity contribution in [1.29, 1.82) is 0 Å². The van der Waals surface area contributed by atoms with Gasteiger partial charge in [0.2, 0.25) is 5.95 Å². The molecule has 2 saturated heterocycles. The van der Waals surface area contributed by atoms with Crippen LogP contribution in [0, 0.1) is 6.92 Å². The third kappa shape index (κ3) is 4.79. The Labute approximate surface area is 173 Å². The van der Waals surface area contributed by atoms with Crippen LogP contribution in [0.1, 0.15) is 18.4 Å². The van der Waals surface area contributed by atoms with Gasteiger partial charge in [-0.05, 0) is 57.6 Å². The largest absolute Gasteiger partial charge is 0.495 e. The molecule has 7 heteroatoms. The van der Waals surface area contributed by atoms with Crippen LogP contribution in [0.15, 0.2) is 30.6 Å². The Bertz CT molecular complexity index is 795. The zero-order valence-electron chi connectivity index (χ0n) is 17.8. The molecule has 0 spiro atoms. The van der Waals surface area contributed by atoms with Crippen LogP contribution in [0.5, 0.6) is 5.75 Å². The molecule has 156 valence electrons. The van der Waals surface area contributed by atoms with Crippen LogP contribution in [-0.2, 0) is 0 Å². The molecule has 4 rings (SSSR count). The maximum absolute atomic E-state index is 5.71. The number of benzene rings is 1. The smallest absolute Gasteiger partial charge is 0.227 e. The number of piperidine rings is 1. The number of aromatic nitrogens is 2. The predicted octanol–water partition coefficient (Wildman–Crippen LogP) is 2.75. The second-order valence-electron chi connectivity index (χ2n) is 8.15. The van der Waals surface area contributed by atoms with Crippen molar-refractivity contribution in [3.63, 3.8) is 0 Å². The summed E-state index contributed by atoms with van der Waals surface area (Å²) in [4.78, 5) is 16.2. The van der Waals surface area contributed by atoms with Gasteiger partial charge in [-0.3, -0.25) is 4.90 Å². The van der Waals surface area contributed by atoms with E-state index in [2.05, 4.69) is 49.2 Å². The number of methoxy groups -OCH3 is 1. The van der Waals surface area contributed by atoms with Crippen LogP contribution in [0.3, 0.4) is 0 Å². The third-order valence-electron chi connectivity index (χ3n) is 6.08. The molecule has 0 unspecified atom stereocenters. The van der Waals surface area contributed by atoms with Gasteiger partial charge in [0, 0.05) is 56.4 Å². The number of piperazine rings is 1. The number of likely N-dealkylation sites (tertiary alicyclic amines) is 1. The average molecular weight is 397 g/mol. The number of nitrogens with one attached hydrogen (secondary N) is 1. The standard InChI is InChI=1S/C22H32N6O/c1-17-15-23-22(24-16-17)25-18-4-5-20(21(14-18)29-3)28-12-10-27(11-13-28)19-6-8-26(2)9-7-19/h4-5,14-16,19H,6-13H2,1-3H3,(H,23,24,25). The van der Waals surface area contributed by atoms with Crippen molar-refractivity contribution in [2.75, 3.05) is 63.6 Å². The Hall–Kier alpha value is -2.38. The highest BCUT2D eigenvalue weighted by atomic mass is 16.5. The highest BCUT2D eigenvalue weighted by Crippen LogP contribution is 2.33. The third-order valence-corrected chi connectivity index (χ3v) is 6.08. The highest BCUT2D eigenvalue weighted by Gasteiger charge is 2.27. The normalized spacial score (nSPS) is 19.3. The second-order valence-corrected chi connectivity index (χ2v) is 8.15. The lowest BCUT2D eigenvalue weighted by atomic mass is 10.0. The first-order valence-corrected chi connectivity index (χ1v) is 10.5. The van der Waals surface area contributed by atoms with Gasteiger partial charge in [0.1, 0.15) is 5.75 Å². The first-order valence-electron chi connectivity index (χ1n) is 10.5. The molecule has 0 atom stereocenters. The van der Waals surface area contributed by atoms with E-state index in [-0.39, 0.29) is 0 Å². The molecule has 0 amide bonds. The molecular weight excluding hydrogens is 364 g/mol. The van der Waals surface area contributed by atoms with E-state index in [0.29, 0.717) is 5.95 Å². The maximum atomic E-state index is 5.71. The number of anilines is 3. The predicted molar refractivity (Wildman–Crippen MR) is 117 cm³/mol. The van der Waals surface area contributed by atoms with Crippen LogP contribution in [0.2, 0.25) is 0 Å². The fourth-order valence-electron chi connectivity index (χ4n) is 4.29. The molecule has 0 saturated carbocycles. The molecule has 0 radical (unpaired) electrons. The number of nitrogens with zero attached hydrogens (tertiary/aromatic N) is 5. The summed E-state index contributed by atoms with van der Waals surface area (Å²) in [7, 11) is 3.96. The molecule has 3 heterocycles. The van der Waals surface area contributed by atoms with Crippen molar-refractivity contribution < 1.29 is 4.74 Å². The lowest BCUT2D eigenvalue weighted by Crippen LogP contribution is -2.53. The molecule has 7 nitrogen and oxygen atoms in total. The van der Waals surface area contributed by atoms with Gasteiger partial charge in [0.15, 0.2) is 0 Å². The molecule has 2 fully saturated rings. The number of rotatable bonds is 5. The molecule has 1 aromatic heterocycles. The molecular formula is C22H32N6O. The van der Waals surface area contributed by atoms with Gasteiger partial charge in [-0.15, -0.1) is 0 Å². The van der Waals surface area contributed by atoms with E-state index in [0.717, 1.165) is 54.9 Å². The number of hydrogen-bond acceptors (Lipinski definition) is 7. The molecule has 1 aromatic carbocycles. The lowest BCUT2D eigenvalue weighted by molar-refractivity contribution is 0.115. The Morgan fingerprint density at radius 3 is 2.34 bits per heavy atom. The molecule has 0 aliphatic carbocycles. The molecule has 0 bridgehead atoms. The van der Waals surface area contributed by atoms with Gasteiger partial charge in [-0.25, -0.2) is 9.97 Å². The van der Waals surface area contributed by atoms with Gasteiger partial charge < -0.3 is 19.9 Å². The van der Waals surface area contributed by atoms with Crippen molar-refractivity contribution in [3.05, 3.63) is 36.2 Å². The maximum Gasteiger partial charge on any atom is 0.227 e. The first kappa shape index (κ1) is 19.9. The second kappa shape index (κ2) is 8.97. The summed E-state index contributed by atoms with van der Waals surface area (Å²) in [5.74, 6) is 1.48. The molecule has 2 aliphatic rings. The highest BCUT2D eigenvalue weighted by molar-refractivity contribution is 5.67. The topological polar surface area (TPSA) is 56.8 Å². The van der Waals surface area contributed by atoms with E-state index in [4.69, 9.17) is 4.74 Å². The molecule has 2 aromatic rings. The van der Waals surface area contributed by atoms with Crippen molar-refractivity contribution in [2.24, 2.45) is 0 Å². The minimum absolute atomic E-state index is 0.595. The Morgan fingerprint density at radius 1 is 1.00 bits per heavy atom. The van der Waals surface area contributed by atoms with E-state index < -0.39 is 0 Å². The van der Waals surface area contributed by atoms with Gasteiger partial charge in [0.05, 0.1) is 12.8 Å². The van der Waals surface area contributed by atoms with Crippen molar-refractivity contribution >= 4 is 17.3 Å². The van der Waals surface area contributed by atoms with Crippen LogP contribution >= 0.6 is 0 Å². The number of hydrogen-bond donors (Lipinski definition) is 1. The fourth-order valence-corrected chi connectivity index (χ4v) is 4.29. The van der Waals surface area contributed by atoms with E-state index in [1.807, 2.05) is 25.4 Å². The summed E-state index contributed by atoms with van der Waals surface area (Å²) in [6.07, 6.45) is 6.21. The molecule has 29 heavy (non-hydrogen) atoms. The zero-order chi connectivity index (χ0) is 20.2. The number of ether oxygens (including phenoxy) is 1. The SMILES string of the molecule is COc1cc(Nc2ncc(C)cn2)ccc1N1CCN(C2CCN(C)CC2)CC1. The Balaban J connectivity index is 1.39. The van der Waals surface area contributed by atoms with Crippen LogP contribution in [-0.4, -0.2) is 79.2 Å². The summed E-state index contributed by atoms with van der Waals surface area (Å²) < 4.78 is 5.71. The van der Waals surface area contributed by atoms with Gasteiger partial charge in [-0.2, -0.15) is 0 Å². The summed E-state index contributed by atoms with van der Waals surface area (Å²) >= 11 is 0. The summed E-state index contributed by atoms with van der Waals surface area (Å²) in [6.45, 7) is 8.74. The van der Waals surface area contributed by atoms with E-state index in [1.54, 1.807) is 7.11 Å². The lowest BCUT2D eigenvalue weighted by Gasteiger charge is -2.43. The van der Waals surface area contributed by atoms with Crippen LogP contribution in [0.25, 0.3) is 0 Å². The Morgan fingerprint density at radius 2 is 1.69 bits per heavy atom. The first-order chi connectivity index (χ1) is 14.1. The van der Waals surface area contributed by atoms with Gasteiger partial charge in [0.25, 0.3) is 0 Å². The van der Waals surface area contributed by atoms with E-state index in [1.165, 1.54) is 25.9 Å².